The Kier molecular flexibility index (Phi) is 4.28. The molecule has 0 radical (unpaired) electrons. The fraction of sp³-hybridized carbons (Fsp3) is 0.600. The third kappa shape index (κ3) is 3.10. The Balaban J connectivity index is 2.10. The Morgan fingerprint density at radius 3 is 2.85 bits per heavy atom. The zero-order chi connectivity index (χ0) is 14.8. The molecular formula is C15H22N2O3. The molecule has 5 nitrogen and oxygen atoms in total. The number of aliphatic hydroxyl groups is 1. The van der Waals surface area contributed by atoms with Gasteiger partial charge in [-0.2, -0.15) is 0 Å². The van der Waals surface area contributed by atoms with Gasteiger partial charge in [0.05, 0.1) is 12.1 Å². The van der Waals surface area contributed by atoms with Gasteiger partial charge in [0.15, 0.2) is 5.78 Å². The second-order valence-electron chi connectivity index (χ2n) is 5.95. The lowest BCUT2D eigenvalue weighted by molar-refractivity contribution is 0.0693. The molecule has 20 heavy (non-hydrogen) atoms. The maximum atomic E-state index is 12.3. The van der Waals surface area contributed by atoms with E-state index in [4.69, 9.17) is 0 Å². The molecule has 0 spiro atoms. The van der Waals surface area contributed by atoms with Crippen LogP contribution in [0.2, 0.25) is 0 Å². The Morgan fingerprint density at radius 2 is 2.30 bits per heavy atom. The number of hydrogen-bond acceptors (Lipinski definition) is 3. The van der Waals surface area contributed by atoms with Gasteiger partial charge in [0.1, 0.15) is 5.69 Å². The molecule has 1 aliphatic carbocycles. The molecule has 5 heteroatoms. The summed E-state index contributed by atoms with van der Waals surface area (Å²) in [5.74, 6) is 0.150. The highest BCUT2D eigenvalue weighted by Crippen LogP contribution is 2.32. The van der Waals surface area contributed by atoms with Gasteiger partial charge >= 0.3 is 0 Å². The molecule has 0 bridgehead atoms. The summed E-state index contributed by atoms with van der Waals surface area (Å²) in [6.45, 7) is 3.55. The molecule has 0 saturated heterocycles. The highest BCUT2D eigenvalue weighted by Gasteiger charge is 2.36. The van der Waals surface area contributed by atoms with Gasteiger partial charge in [0.25, 0.3) is 5.91 Å². The topological polar surface area (TPSA) is 82.2 Å². The molecule has 2 atom stereocenters. The van der Waals surface area contributed by atoms with Crippen molar-refractivity contribution in [2.75, 3.05) is 6.61 Å². The van der Waals surface area contributed by atoms with Crippen LogP contribution in [0.15, 0.2) is 12.3 Å². The number of H-pyrrole nitrogens is 1. The smallest absolute Gasteiger partial charge is 0.268 e. The molecule has 110 valence electrons. The molecule has 2 unspecified atom stereocenters. The van der Waals surface area contributed by atoms with Gasteiger partial charge in [-0.1, -0.05) is 19.8 Å². The van der Waals surface area contributed by atoms with E-state index in [1.54, 1.807) is 6.07 Å². The minimum atomic E-state index is -0.532. The summed E-state index contributed by atoms with van der Waals surface area (Å²) < 4.78 is 0. The van der Waals surface area contributed by atoms with Crippen LogP contribution < -0.4 is 5.32 Å². The van der Waals surface area contributed by atoms with Crippen LogP contribution in [0.25, 0.3) is 0 Å². The number of aromatic amines is 1. The third-order valence-corrected chi connectivity index (χ3v) is 4.11. The summed E-state index contributed by atoms with van der Waals surface area (Å²) in [6.07, 6.45) is 5.25. The predicted molar refractivity (Wildman–Crippen MR) is 75.7 cm³/mol. The van der Waals surface area contributed by atoms with Gasteiger partial charge in [0, 0.05) is 11.8 Å². The molecule has 1 saturated carbocycles. The summed E-state index contributed by atoms with van der Waals surface area (Å²) in [5, 5.41) is 12.6. The summed E-state index contributed by atoms with van der Waals surface area (Å²) >= 11 is 0. The standard InChI is InChI=1S/C15H22N2O3/c1-10-4-3-5-15(7-10,9-18)17-14(20)13-6-12(8-16-13)11(2)19/h6,8,10,16,18H,3-5,7,9H2,1-2H3,(H,17,20). The number of aliphatic hydroxyl groups excluding tert-OH is 1. The number of hydrogen-bond donors (Lipinski definition) is 3. The largest absolute Gasteiger partial charge is 0.394 e. The second-order valence-corrected chi connectivity index (χ2v) is 5.95. The molecule has 0 aliphatic heterocycles. The van der Waals surface area contributed by atoms with Crippen LogP contribution in [0.1, 0.15) is 60.4 Å². The fourth-order valence-corrected chi connectivity index (χ4v) is 2.99. The number of carbonyl (C=O) groups excluding carboxylic acids is 2. The van der Waals surface area contributed by atoms with Crippen molar-refractivity contribution in [3.8, 4) is 0 Å². The van der Waals surface area contributed by atoms with Gasteiger partial charge in [-0.15, -0.1) is 0 Å². The van der Waals surface area contributed by atoms with Crippen molar-refractivity contribution in [1.29, 1.82) is 0 Å². The van der Waals surface area contributed by atoms with Gasteiger partial charge in [-0.25, -0.2) is 0 Å². The normalized spacial score (nSPS) is 26.2. The van der Waals surface area contributed by atoms with Crippen molar-refractivity contribution < 1.29 is 14.7 Å². The number of aromatic nitrogens is 1. The number of Topliss-reactive ketones (excluding diaryl/α,β-unsaturated/α-hetero) is 1. The highest BCUT2D eigenvalue weighted by atomic mass is 16.3. The maximum absolute atomic E-state index is 12.3. The predicted octanol–water partition coefficient (Wildman–Crippen LogP) is 1.89. The first kappa shape index (κ1) is 14.8. The monoisotopic (exact) mass is 278 g/mol. The molecule has 1 aromatic heterocycles. The number of rotatable bonds is 4. The Morgan fingerprint density at radius 1 is 1.55 bits per heavy atom. The molecule has 1 aromatic rings. The van der Waals surface area contributed by atoms with Crippen LogP contribution in [0.4, 0.5) is 0 Å². The molecule has 1 heterocycles. The summed E-state index contributed by atoms with van der Waals surface area (Å²) in [5.41, 5.74) is 0.322. The quantitative estimate of drug-likeness (QED) is 0.735. The average molecular weight is 278 g/mol. The maximum Gasteiger partial charge on any atom is 0.268 e. The van der Waals surface area contributed by atoms with E-state index < -0.39 is 5.54 Å². The lowest BCUT2D eigenvalue weighted by atomic mass is 9.77. The van der Waals surface area contributed by atoms with Crippen LogP contribution >= 0.6 is 0 Å². The minimum Gasteiger partial charge on any atom is -0.394 e. The molecule has 1 fully saturated rings. The van der Waals surface area contributed by atoms with E-state index in [-0.39, 0.29) is 18.3 Å². The number of nitrogens with one attached hydrogen (secondary N) is 2. The van der Waals surface area contributed by atoms with Gasteiger partial charge in [-0.05, 0) is 31.7 Å². The van der Waals surface area contributed by atoms with Crippen molar-refractivity contribution >= 4 is 11.7 Å². The van der Waals surface area contributed by atoms with Crippen LogP contribution in [-0.4, -0.2) is 33.9 Å². The number of carbonyl (C=O) groups is 2. The van der Waals surface area contributed by atoms with E-state index in [0.29, 0.717) is 17.2 Å². The zero-order valence-electron chi connectivity index (χ0n) is 12.0. The fourth-order valence-electron chi connectivity index (χ4n) is 2.99. The van der Waals surface area contributed by atoms with E-state index in [9.17, 15) is 14.7 Å². The average Bonchev–Trinajstić information content (AvgIpc) is 2.88. The van der Waals surface area contributed by atoms with Crippen LogP contribution in [0.5, 0.6) is 0 Å². The van der Waals surface area contributed by atoms with E-state index >= 15 is 0 Å². The van der Waals surface area contributed by atoms with Crippen molar-refractivity contribution in [2.24, 2.45) is 5.92 Å². The Bertz CT molecular complexity index is 509. The van der Waals surface area contributed by atoms with Gasteiger partial charge in [-0.3, -0.25) is 9.59 Å². The minimum absolute atomic E-state index is 0.0522. The first-order valence-corrected chi connectivity index (χ1v) is 7.08. The van der Waals surface area contributed by atoms with E-state index in [0.717, 1.165) is 25.7 Å². The number of ketones is 1. The van der Waals surface area contributed by atoms with Crippen LogP contribution in [-0.2, 0) is 0 Å². The van der Waals surface area contributed by atoms with Crippen molar-refractivity contribution in [3.05, 3.63) is 23.5 Å². The first-order chi connectivity index (χ1) is 9.46. The molecule has 3 N–H and O–H groups in total. The van der Waals surface area contributed by atoms with Crippen molar-refractivity contribution in [2.45, 2.75) is 45.1 Å². The van der Waals surface area contributed by atoms with E-state index in [1.165, 1.54) is 13.1 Å². The SMILES string of the molecule is CC(=O)c1c[nH]c(C(=O)NC2(CO)CCCC(C)C2)c1. The van der Waals surface area contributed by atoms with E-state index in [2.05, 4.69) is 17.2 Å². The van der Waals surface area contributed by atoms with Crippen LogP contribution in [0.3, 0.4) is 0 Å². The molecule has 1 amide bonds. The summed E-state index contributed by atoms with van der Waals surface area (Å²) in [6, 6.07) is 1.55. The second kappa shape index (κ2) is 5.79. The molecular weight excluding hydrogens is 256 g/mol. The lowest BCUT2D eigenvalue weighted by Gasteiger charge is -2.39. The highest BCUT2D eigenvalue weighted by molar-refractivity contribution is 5.99. The molecule has 2 rings (SSSR count). The summed E-state index contributed by atoms with van der Waals surface area (Å²) in [4.78, 5) is 26.3. The Hall–Kier alpha value is -1.62. The van der Waals surface area contributed by atoms with E-state index in [1.807, 2.05) is 0 Å². The lowest BCUT2D eigenvalue weighted by Crippen LogP contribution is -2.53. The third-order valence-electron chi connectivity index (χ3n) is 4.11. The number of amides is 1. The van der Waals surface area contributed by atoms with Crippen molar-refractivity contribution in [1.82, 2.24) is 10.3 Å². The van der Waals surface area contributed by atoms with Gasteiger partial charge < -0.3 is 15.4 Å². The van der Waals surface area contributed by atoms with Crippen molar-refractivity contribution in [3.63, 3.8) is 0 Å². The zero-order valence-corrected chi connectivity index (χ0v) is 12.0. The molecule has 0 aromatic carbocycles. The van der Waals surface area contributed by atoms with Crippen LogP contribution in [0, 0.1) is 5.92 Å². The molecule has 1 aliphatic rings. The van der Waals surface area contributed by atoms with Gasteiger partial charge in [0.2, 0.25) is 0 Å². The Labute approximate surface area is 118 Å². The first-order valence-electron chi connectivity index (χ1n) is 7.08. The summed E-state index contributed by atoms with van der Waals surface area (Å²) in [7, 11) is 0.